The van der Waals surface area contributed by atoms with E-state index < -0.39 is 72.0 Å². The van der Waals surface area contributed by atoms with E-state index in [4.69, 9.17) is 23.7 Å². The van der Waals surface area contributed by atoms with Gasteiger partial charge in [-0.3, -0.25) is 39.0 Å². The highest BCUT2D eigenvalue weighted by Crippen LogP contribution is 2.34. The lowest BCUT2D eigenvalue weighted by Gasteiger charge is -2.47. The minimum absolute atomic E-state index is 0.119. The van der Waals surface area contributed by atoms with Crippen LogP contribution in [0.3, 0.4) is 0 Å². The smallest absolute Gasteiger partial charge is 0.303 e. The number of esters is 4. The maximum absolute atomic E-state index is 12.7. The van der Waals surface area contributed by atoms with E-state index >= 15 is 0 Å². The van der Waals surface area contributed by atoms with Crippen LogP contribution < -0.4 is 4.90 Å². The van der Waals surface area contributed by atoms with Gasteiger partial charge in [0, 0.05) is 52.4 Å². The lowest BCUT2D eigenvalue weighted by Crippen LogP contribution is -2.67. The average Bonchev–Trinajstić information content (AvgIpc) is 2.75. The van der Waals surface area contributed by atoms with E-state index in [0.717, 1.165) is 51.7 Å². The second kappa shape index (κ2) is 12.1. The van der Waals surface area contributed by atoms with Crippen molar-refractivity contribution >= 4 is 41.2 Å². The lowest BCUT2D eigenvalue weighted by molar-refractivity contribution is -0.384. The number of hydrogen-bond acceptors (Lipinski definition) is 12. The summed E-state index contributed by atoms with van der Waals surface area (Å²) in [5.41, 5.74) is -0.127. The fourth-order valence-corrected chi connectivity index (χ4v) is 3.66. The monoisotopic (exact) mass is 510 g/mol. The third-order valence-corrected chi connectivity index (χ3v) is 4.90. The number of anilines is 1. The van der Waals surface area contributed by atoms with Crippen molar-refractivity contribution in [1.82, 2.24) is 0 Å². The first-order valence-electron chi connectivity index (χ1n) is 10.7. The van der Waals surface area contributed by atoms with Gasteiger partial charge in [0.05, 0.1) is 4.92 Å². The van der Waals surface area contributed by atoms with Crippen LogP contribution in [-0.4, -0.2) is 72.0 Å². The van der Waals surface area contributed by atoms with E-state index in [1.807, 2.05) is 0 Å². The summed E-state index contributed by atoms with van der Waals surface area (Å²) in [7, 11) is 0. The Morgan fingerprint density at radius 1 is 0.833 bits per heavy atom. The molecule has 196 valence electrons. The Morgan fingerprint density at radius 2 is 1.33 bits per heavy atom. The molecule has 0 aromatic heterocycles. The molecule has 1 saturated heterocycles. The summed E-state index contributed by atoms with van der Waals surface area (Å²) < 4.78 is 27.0. The molecule has 5 atom stereocenters. The highest BCUT2D eigenvalue weighted by atomic mass is 16.7. The first-order valence-corrected chi connectivity index (χ1v) is 10.7. The molecule has 0 spiro atoms. The molecule has 0 radical (unpaired) electrons. The number of amides is 1. The number of ether oxygens (including phenoxy) is 5. The summed E-state index contributed by atoms with van der Waals surface area (Å²) >= 11 is 0. The highest BCUT2D eigenvalue weighted by Gasteiger charge is 2.54. The van der Waals surface area contributed by atoms with Crippen molar-refractivity contribution in [3.8, 4) is 0 Å². The SMILES string of the molecule is CC(=O)OC[C@H]1O[C@@H](N(C(C)=O)c2ccc([N+](=O)[O-])cc2)[C@H](OC(C)=O)[C@@H](OC(C)=O)[C@@H]1OC(C)=O. The fraction of sp³-hybridized carbons (Fsp3) is 0.500. The van der Waals surface area contributed by atoms with E-state index in [1.165, 1.54) is 12.1 Å². The van der Waals surface area contributed by atoms with E-state index in [0.29, 0.717) is 0 Å². The van der Waals surface area contributed by atoms with Crippen molar-refractivity contribution in [2.75, 3.05) is 11.5 Å². The minimum atomic E-state index is -1.51. The molecule has 14 heteroatoms. The molecule has 14 nitrogen and oxygen atoms in total. The van der Waals surface area contributed by atoms with Crippen LogP contribution in [-0.2, 0) is 47.7 Å². The first kappa shape index (κ1) is 28.2. The summed E-state index contributed by atoms with van der Waals surface area (Å²) in [6.45, 7) is 5.04. The molecule has 0 aliphatic carbocycles. The van der Waals surface area contributed by atoms with Gasteiger partial charge in [-0.1, -0.05) is 0 Å². The third-order valence-electron chi connectivity index (χ3n) is 4.90. The van der Waals surface area contributed by atoms with Gasteiger partial charge in [0.15, 0.2) is 24.5 Å². The van der Waals surface area contributed by atoms with Gasteiger partial charge in [-0.15, -0.1) is 0 Å². The van der Waals surface area contributed by atoms with Gasteiger partial charge in [0.25, 0.3) is 5.69 Å². The summed E-state index contributed by atoms with van der Waals surface area (Å²) in [4.78, 5) is 71.4. The Hall–Kier alpha value is -4.07. The van der Waals surface area contributed by atoms with Crippen molar-refractivity contribution in [3.63, 3.8) is 0 Å². The fourth-order valence-electron chi connectivity index (χ4n) is 3.66. The maximum atomic E-state index is 12.7. The Balaban J connectivity index is 2.65. The summed E-state index contributed by atoms with van der Waals surface area (Å²) in [6, 6.07) is 4.84. The van der Waals surface area contributed by atoms with Crippen molar-refractivity contribution in [2.24, 2.45) is 0 Å². The predicted octanol–water partition coefficient (Wildman–Crippen LogP) is 1.03. The molecule has 1 aromatic carbocycles. The summed E-state index contributed by atoms with van der Waals surface area (Å²) in [6.07, 6.45) is -7.13. The second-order valence-electron chi connectivity index (χ2n) is 7.75. The molecular weight excluding hydrogens is 484 g/mol. The number of nitro groups is 1. The molecule has 0 saturated carbocycles. The Labute approximate surface area is 205 Å². The molecule has 1 fully saturated rings. The van der Waals surface area contributed by atoms with Crippen LogP contribution in [0.2, 0.25) is 0 Å². The number of benzene rings is 1. The quantitative estimate of drug-likeness (QED) is 0.210. The zero-order valence-electron chi connectivity index (χ0n) is 20.2. The molecule has 1 aromatic rings. The Morgan fingerprint density at radius 3 is 1.78 bits per heavy atom. The molecule has 1 heterocycles. The Bertz CT molecular complexity index is 1020. The van der Waals surface area contributed by atoms with Crippen LogP contribution in [0, 0.1) is 10.1 Å². The lowest BCUT2D eigenvalue weighted by atomic mass is 9.96. The zero-order chi connectivity index (χ0) is 27.2. The largest absolute Gasteiger partial charge is 0.463 e. The maximum Gasteiger partial charge on any atom is 0.303 e. The van der Waals surface area contributed by atoms with Gasteiger partial charge < -0.3 is 23.7 Å². The Kier molecular flexibility index (Phi) is 9.44. The normalized spacial score (nSPS) is 23.1. The zero-order valence-corrected chi connectivity index (χ0v) is 20.2. The van der Waals surface area contributed by atoms with E-state index in [9.17, 15) is 34.1 Å². The van der Waals surface area contributed by atoms with Gasteiger partial charge in [-0.2, -0.15) is 0 Å². The molecular formula is C22H26N2O12. The number of rotatable bonds is 8. The van der Waals surface area contributed by atoms with Crippen molar-refractivity contribution in [1.29, 1.82) is 0 Å². The minimum Gasteiger partial charge on any atom is -0.463 e. The van der Waals surface area contributed by atoms with E-state index in [2.05, 4.69) is 0 Å². The molecule has 2 rings (SSSR count). The molecule has 1 aliphatic heterocycles. The van der Waals surface area contributed by atoms with E-state index in [1.54, 1.807) is 0 Å². The van der Waals surface area contributed by atoms with Crippen molar-refractivity contribution in [3.05, 3.63) is 34.4 Å². The van der Waals surface area contributed by atoms with Crippen LogP contribution in [0.15, 0.2) is 24.3 Å². The van der Waals surface area contributed by atoms with Crippen LogP contribution in [0.1, 0.15) is 34.6 Å². The van der Waals surface area contributed by atoms with Gasteiger partial charge in [-0.05, 0) is 12.1 Å². The first-order chi connectivity index (χ1) is 16.8. The molecule has 0 unspecified atom stereocenters. The molecule has 36 heavy (non-hydrogen) atoms. The molecule has 1 aliphatic rings. The van der Waals surface area contributed by atoms with Crippen molar-refractivity contribution < 1.29 is 52.6 Å². The summed E-state index contributed by atoms with van der Waals surface area (Å²) in [5, 5.41) is 11.0. The third kappa shape index (κ3) is 7.21. The molecule has 0 bridgehead atoms. The van der Waals surface area contributed by atoms with Crippen LogP contribution >= 0.6 is 0 Å². The van der Waals surface area contributed by atoms with E-state index in [-0.39, 0.29) is 11.4 Å². The topological polar surface area (TPSA) is 178 Å². The number of non-ortho nitro benzene ring substituents is 1. The number of carbonyl (C=O) groups excluding carboxylic acids is 5. The number of hydrogen-bond donors (Lipinski definition) is 0. The van der Waals surface area contributed by atoms with Crippen LogP contribution in [0.4, 0.5) is 11.4 Å². The standard InChI is InChI=1S/C22H26N2O12/c1-11(25)23(16-6-8-17(9-7-16)24(30)31)22-21(35-15(5)29)20(34-14(4)28)19(33-13(3)27)18(36-22)10-32-12(2)26/h6-9,18-22H,10H2,1-5H3/t18-,19-,20+,21-,22-/m1/s1. The van der Waals surface area contributed by atoms with Crippen molar-refractivity contribution in [2.45, 2.75) is 65.3 Å². The molecule has 0 N–H and O–H groups in total. The number of nitrogens with zero attached hydrogens (tertiary/aromatic N) is 2. The van der Waals surface area contributed by atoms with Gasteiger partial charge in [0.2, 0.25) is 5.91 Å². The van der Waals surface area contributed by atoms with Gasteiger partial charge >= 0.3 is 23.9 Å². The average molecular weight is 510 g/mol. The number of carbonyl (C=O) groups is 5. The van der Waals surface area contributed by atoms with Gasteiger partial charge in [-0.25, -0.2) is 0 Å². The summed E-state index contributed by atoms with van der Waals surface area (Å²) in [5.74, 6) is -3.79. The van der Waals surface area contributed by atoms with Crippen LogP contribution in [0.25, 0.3) is 0 Å². The number of nitro benzene ring substituents is 1. The highest BCUT2D eigenvalue weighted by molar-refractivity contribution is 5.92. The predicted molar refractivity (Wildman–Crippen MR) is 118 cm³/mol. The van der Waals surface area contributed by atoms with Crippen LogP contribution in [0.5, 0.6) is 0 Å². The molecule has 1 amide bonds. The second-order valence-corrected chi connectivity index (χ2v) is 7.75. The van der Waals surface area contributed by atoms with Gasteiger partial charge in [0.1, 0.15) is 12.7 Å².